The Balaban J connectivity index is 2.85. The van der Waals surface area contributed by atoms with Crippen molar-refractivity contribution in [2.45, 2.75) is 25.7 Å². The SMILES string of the molecule is C=C1C(=C)C(CCC(=O)O)C(=C)C(=C)C1CCC(=O)O. The molecule has 2 N–H and O–H groups in total. The molecule has 0 aromatic carbocycles. The predicted molar refractivity (Wildman–Crippen MR) is 77.3 cm³/mol. The van der Waals surface area contributed by atoms with Crippen LogP contribution in [0.3, 0.4) is 0 Å². The van der Waals surface area contributed by atoms with Gasteiger partial charge in [0.05, 0.1) is 0 Å². The molecule has 0 spiro atoms. The van der Waals surface area contributed by atoms with Crippen molar-refractivity contribution in [3.05, 3.63) is 48.6 Å². The Morgan fingerprint density at radius 3 is 1.20 bits per heavy atom. The molecule has 0 aromatic rings. The zero-order valence-electron chi connectivity index (χ0n) is 11.5. The van der Waals surface area contributed by atoms with Crippen molar-refractivity contribution in [3.8, 4) is 0 Å². The minimum absolute atomic E-state index is 0.0308. The number of aliphatic carboxylic acids is 2. The van der Waals surface area contributed by atoms with Gasteiger partial charge in [0.25, 0.3) is 0 Å². The summed E-state index contributed by atoms with van der Waals surface area (Å²) in [6, 6.07) is 0. The quantitative estimate of drug-likeness (QED) is 0.781. The van der Waals surface area contributed by atoms with E-state index in [9.17, 15) is 9.59 Å². The molecule has 20 heavy (non-hydrogen) atoms. The molecule has 1 saturated carbocycles. The summed E-state index contributed by atoms with van der Waals surface area (Å²) < 4.78 is 0. The lowest BCUT2D eigenvalue weighted by Gasteiger charge is -2.36. The van der Waals surface area contributed by atoms with E-state index in [1.807, 2.05) is 0 Å². The second-order valence-electron chi connectivity index (χ2n) is 5.07. The van der Waals surface area contributed by atoms with Crippen LogP contribution >= 0.6 is 0 Å². The molecule has 1 aliphatic rings. The van der Waals surface area contributed by atoms with Gasteiger partial charge in [-0.2, -0.15) is 0 Å². The molecular formula is C16H20O4. The van der Waals surface area contributed by atoms with E-state index in [1.165, 1.54) is 0 Å². The van der Waals surface area contributed by atoms with Gasteiger partial charge in [-0.3, -0.25) is 9.59 Å². The van der Waals surface area contributed by atoms with Crippen LogP contribution in [0, 0.1) is 11.8 Å². The van der Waals surface area contributed by atoms with E-state index in [1.54, 1.807) is 0 Å². The van der Waals surface area contributed by atoms with Crippen LogP contribution in [0.4, 0.5) is 0 Å². The molecule has 0 radical (unpaired) electrons. The summed E-state index contributed by atoms with van der Waals surface area (Å²) in [5.41, 5.74) is 3.00. The van der Waals surface area contributed by atoms with E-state index in [2.05, 4.69) is 26.3 Å². The van der Waals surface area contributed by atoms with E-state index in [0.717, 1.165) is 22.3 Å². The zero-order chi connectivity index (χ0) is 15.4. The summed E-state index contributed by atoms with van der Waals surface area (Å²) in [5, 5.41) is 17.6. The standard InChI is InChI=1S/C16H20O4/c1-9-10(2)14(6-8-16(19)20)12(4)11(3)13(9)5-7-15(17)18/h13-14H,1-8H2,(H,17,18)(H,19,20). The van der Waals surface area contributed by atoms with E-state index in [4.69, 9.17) is 10.2 Å². The molecule has 0 bridgehead atoms. The number of carbonyl (C=O) groups is 2. The first-order valence-corrected chi connectivity index (χ1v) is 6.45. The molecule has 1 rings (SSSR count). The van der Waals surface area contributed by atoms with E-state index >= 15 is 0 Å². The van der Waals surface area contributed by atoms with Crippen molar-refractivity contribution < 1.29 is 19.8 Å². The lowest BCUT2D eigenvalue weighted by molar-refractivity contribution is -0.138. The average Bonchev–Trinajstić information content (AvgIpc) is 2.35. The molecule has 108 valence electrons. The maximum atomic E-state index is 10.7. The Morgan fingerprint density at radius 1 is 0.750 bits per heavy atom. The van der Waals surface area contributed by atoms with E-state index in [-0.39, 0.29) is 24.7 Å². The molecule has 1 aliphatic carbocycles. The number of allylic oxidation sites excluding steroid dienone is 4. The fourth-order valence-corrected chi connectivity index (χ4v) is 2.55. The smallest absolute Gasteiger partial charge is 0.303 e. The van der Waals surface area contributed by atoms with Crippen LogP contribution < -0.4 is 0 Å². The summed E-state index contributed by atoms with van der Waals surface area (Å²) in [4.78, 5) is 21.4. The predicted octanol–water partition coefficient (Wildman–Crippen LogP) is 3.19. The Morgan fingerprint density at radius 2 is 1.00 bits per heavy atom. The molecule has 0 saturated heterocycles. The fraction of sp³-hybridized carbons (Fsp3) is 0.375. The molecule has 0 amide bonds. The van der Waals surface area contributed by atoms with Gasteiger partial charge in [0, 0.05) is 24.7 Å². The van der Waals surface area contributed by atoms with Crippen LogP contribution in [-0.2, 0) is 9.59 Å². The third-order valence-electron chi connectivity index (χ3n) is 3.80. The van der Waals surface area contributed by atoms with E-state index < -0.39 is 11.9 Å². The largest absolute Gasteiger partial charge is 0.481 e. The number of rotatable bonds is 6. The summed E-state index contributed by atoms with van der Waals surface area (Å²) in [6.45, 7) is 15.9. The summed E-state index contributed by atoms with van der Waals surface area (Å²) in [7, 11) is 0. The Bertz CT molecular complexity index is 425. The van der Waals surface area contributed by atoms with Gasteiger partial charge in [0.1, 0.15) is 0 Å². The van der Waals surface area contributed by atoms with Gasteiger partial charge in [-0.15, -0.1) is 0 Å². The van der Waals surface area contributed by atoms with Gasteiger partial charge in [0.2, 0.25) is 0 Å². The van der Waals surface area contributed by atoms with Gasteiger partial charge < -0.3 is 10.2 Å². The minimum atomic E-state index is -0.866. The third kappa shape index (κ3) is 3.47. The fourth-order valence-electron chi connectivity index (χ4n) is 2.55. The molecule has 0 aromatic heterocycles. The molecule has 0 unspecified atom stereocenters. The van der Waals surface area contributed by atoms with Crippen LogP contribution in [0.25, 0.3) is 0 Å². The highest BCUT2D eigenvalue weighted by Gasteiger charge is 2.33. The summed E-state index contributed by atoms with van der Waals surface area (Å²) >= 11 is 0. The van der Waals surface area contributed by atoms with Crippen LogP contribution in [0.1, 0.15) is 25.7 Å². The number of hydrogen-bond donors (Lipinski definition) is 2. The van der Waals surface area contributed by atoms with Crippen molar-refractivity contribution in [3.63, 3.8) is 0 Å². The zero-order valence-corrected chi connectivity index (χ0v) is 11.5. The van der Waals surface area contributed by atoms with Crippen molar-refractivity contribution in [2.24, 2.45) is 11.8 Å². The Labute approximate surface area is 118 Å². The maximum absolute atomic E-state index is 10.7. The summed E-state index contributed by atoms with van der Waals surface area (Å²) in [6.07, 6.45) is 0.888. The monoisotopic (exact) mass is 276 g/mol. The van der Waals surface area contributed by atoms with Crippen molar-refractivity contribution >= 4 is 11.9 Å². The first kappa shape index (κ1) is 16.0. The number of carboxylic acid groups (broad SMARTS) is 2. The molecule has 0 atom stereocenters. The van der Waals surface area contributed by atoms with Gasteiger partial charge in [-0.1, -0.05) is 26.3 Å². The topological polar surface area (TPSA) is 74.6 Å². The van der Waals surface area contributed by atoms with Crippen LogP contribution in [0.15, 0.2) is 48.6 Å². The van der Waals surface area contributed by atoms with Crippen LogP contribution in [-0.4, -0.2) is 22.2 Å². The molecule has 0 heterocycles. The van der Waals surface area contributed by atoms with E-state index in [0.29, 0.717) is 12.8 Å². The average molecular weight is 276 g/mol. The van der Waals surface area contributed by atoms with Gasteiger partial charge in [-0.25, -0.2) is 0 Å². The molecule has 4 heteroatoms. The highest BCUT2D eigenvalue weighted by atomic mass is 16.4. The van der Waals surface area contributed by atoms with Gasteiger partial charge in [-0.05, 0) is 35.1 Å². The van der Waals surface area contributed by atoms with Crippen LogP contribution in [0.5, 0.6) is 0 Å². The highest BCUT2D eigenvalue weighted by Crippen LogP contribution is 2.45. The van der Waals surface area contributed by atoms with Crippen molar-refractivity contribution in [1.82, 2.24) is 0 Å². The highest BCUT2D eigenvalue weighted by molar-refractivity contribution is 5.68. The lowest BCUT2D eigenvalue weighted by Crippen LogP contribution is -2.24. The van der Waals surface area contributed by atoms with Gasteiger partial charge >= 0.3 is 11.9 Å². The van der Waals surface area contributed by atoms with Crippen molar-refractivity contribution in [1.29, 1.82) is 0 Å². The minimum Gasteiger partial charge on any atom is -0.481 e. The van der Waals surface area contributed by atoms with Crippen molar-refractivity contribution in [2.75, 3.05) is 0 Å². The normalized spacial score (nSPS) is 23.0. The first-order chi connectivity index (χ1) is 9.25. The molecule has 1 fully saturated rings. The maximum Gasteiger partial charge on any atom is 0.303 e. The Hall–Kier alpha value is -2.10. The number of hydrogen-bond acceptors (Lipinski definition) is 2. The first-order valence-electron chi connectivity index (χ1n) is 6.45. The Kier molecular flexibility index (Phi) is 5.08. The second-order valence-corrected chi connectivity index (χ2v) is 5.07. The van der Waals surface area contributed by atoms with Gasteiger partial charge in [0.15, 0.2) is 0 Å². The number of carboxylic acids is 2. The molecular weight excluding hydrogens is 256 g/mol. The second kappa shape index (κ2) is 6.37. The van der Waals surface area contributed by atoms with Crippen LogP contribution in [0.2, 0.25) is 0 Å². The molecule has 4 nitrogen and oxygen atoms in total. The molecule has 0 aliphatic heterocycles. The lowest BCUT2D eigenvalue weighted by atomic mass is 9.68. The summed E-state index contributed by atoms with van der Waals surface area (Å²) in [5.74, 6) is -2.05. The third-order valence-corrected chi connectivity index (χ3v) is 3.80.